The first-order valence-corrected chi connectivity index (χ1v) is 5.05. The van der Waals surface area contributed by atoms with Crippen molar-refractivity contribution >= 4 is 28.9 Å². The van der Waals surface area contributed by atoms with Gasteiger partial charge in [0.2, 0.25) is 0 Å². The molecule has 0 bridgehead atoms. The maximum Gasteiger partial charge on any atom is 0.166 e. The quantitative estimate of drug-likeness (QED) is 0.575. The van der Waals surface area contributed by atoms with E-state index in [0.29, 0.717) is 5.56 Å². The molecule has 78 valence electrons. The van der Waals surface area contributed by atoms with E-state index in [1.807, 2.05) is 13.8 Å². The number of benzene rings is 1. The smallest absolute Gasteiger partial charge is 0.166 e. The second-order valence-corrected chi connectivity index (χ2v) is 4.30. The molecule has 0 unspecified atom stereocenters. The first kappa shape index (κ1) is 11.6. The van der Waals surface area contributed by atoms with Crippen LogP contribution in [0.2, 0.25) is 10.0 Å². The van der Waals surface area contributed by atoms with Crippen molar-refractivity contribution in [2.45, 2.75) is 26.7 Å². The predicted octanol–water partition coefficient (Wildman–Crippen LogP) is 4.15. The molecule has 0 aliphatic carbocycles. The monoisotopic (exact) mass is 235 g/mol. The van der Waals surface area contributed by atoms with Crippen LogP contribution in [0.3, 0.4) is 0 Å². The summed E-state index contributed by atoms with van der Waals surface area (Å²) in [6.07, 6.45) is 0. The number of anilines is 1. The molecule has 1 aromatic rings. The van der Waals surface area contributed by atoms with Crippen LogP contribution in [0.15, 0.2) is 0 Å². The molecule has 2 N–H and O–H groups in total. The molecule has 1 rings (SSSR count). The molecular formula is C10H12Cl2FN. The molecular weight excluding hydrogens is 224 g/mol. The Labute approximate surface area is 93.0 Å². The van der Waals surface area contributed by atoms with Gasteiger partial charge in [-0.05, 0) is 24.0 Å². The molecule has 0 saturated carbocycles. The highest BCUT2D eigenvalue weighted by molar-refractivity contribution is 6.36. The van der Waals surface area contributed by atoms with Gasteiger partial charge < -0.3 is 5.73 Å². The Morgan fingerprint density at radius 2 is 1.71 bits per heavy atom. The lowest BCUT2D eigenvalue weighted by molar-refractivity contribution is 0.630. The van der Waals surface area contributed by atoms with Crippen molar-refractivity contribution in [1.82, 2.24) is 0 Å². The van der Waals surface area contributed by atoms with Crippen LogP contribution in [0.4, 0.5) is 10.1 Å². The van der Waals surface area contributed by atoms with Gasteiger partial charge in [-0.1, -0.05) is 37.0 Å². The van der Waals surface area contributed by atoms with Crippen molar-refractivity contribution in [3.63, 3.8) is 0 Å². The molecule has 0 aromatic heterocycles. The highest BCUT2D eigenvalue weighted by Gasteiger charge is 2.19. The standard InChI is InChI=1S/C10H12Cl2FN/c1-4(2)6-5(3)7(11)9(13)10(14)8(6)12/h4H,14H2,1-3H3. The summed E-state index contributed by atoms with van der Waals surface area (Å²) in [4.78, 5) is 0. The summed E-state index contributed by atoms with van der Waals surface area (Å²) in [5.74, 6) is -0.457. The van der Waals surface area contributed by atoms with Crippen molar-refractivity contribution in [1.29, 1.82) is 0 Å². The first-order valence-electron chi connectivity index (χ1n) is 4.30. The summed E-state index contributed by atoms with van der Waals surface area (Å²) < 4.78 is 13.4. The fourth-order valence-electron chi connectivity index (χ4n) is 1.49. The van der Waals surface area contributed by atoms with E-state index in [2.05, 4.69) is 0 Å². The highest BCUT2D eigenvalue weighted by Crippen LogP contribution is 2.38. The van der Waals surface area contributed by atoms with Crippen molar-refractivity contribution in [3.05, 3.63) is 27.0 Å². The van der Waals surface area contributed by atoms with Crippen molar-refractivity contribution < 1.29 is 4.39 Å². The van der Waals surface area contributed by atoms with Gasteiger partial charge in [0, 0.05) is 0 Å². The van der Waals surface area contributed by atoms with Gasteiger partial charge in [-0.15, -0.1) is 0 Å². The molecule has 1 nitrogen and oxygen atoms in total. The third kappa shape index (κ3) is 1.69. The normalized spacial score (nSPS) is 11.1. The molecule has 1 aromatic carbocycles. The van der Waals surface area contributed by atoms with Gasteiger partial charge in [0.1, 0.15) is 0 Å². The Kier molecular flexibility index (Phi) is 3.28. The van der Waals surface area contributed by atoms with E-state index in [0.717, 1.165) is 5.56 Å². The molecule has 0 aliphatic rings. The van der Waals surface area contributed by atoms with Crippen LogP contribution < -0.4 is 5.73 Å². The van der Waals surface area contributed by atoms with Crippen LogP contribution in [0, 0.1) is 12.7 Å². The Bertz CT molecular complexity index is 346. The van der Waals surface area contributed by atoms with E-state index in [1.54, 1.807) is 6.92 Å². The van der Waals surface area contributed by atoms with Crippen molar-refractivity contribution in [2.24, 2.45) is 0 Å². The lowest BCUT2D eigenvalue weighted by atomic mass is 9.97. The molecule has 0 radical (unpaired) electrons. The number of nitrogens with two attached hydrogens (primary N) is 1. The van der Waals surface area contributed by atoms with Crippen molar-refractivity contribution in [3.8, 4) is 0 Å². The van der Waals surface area contributed by atoms with Gasteiger partial charge in [-0.25, -0.2) is 4.39 Å². The average molecular weight is 236 g/mol. The predicted molar refractivity (Wildman–Crippen MR) is 59.7 cm³/mol. The lowest BCUT2D eigenvalue weighted by Gasteiger charge is -2.16. The maximum atomic E-state index is 13.4. The van der Waals surface area contributed by atoms with Gasteiger partial charge in [0.25, 0.3) is 0 Å². The highest BCUT2D eigenvalue weighted by atomic mass is 35.5. The summed E-state index contributed by atoms with van der Waals surface area (Å²) >= 11 is 11.7. The fraction of sp³-hybridized carbons (Fsp3) is 0.400. The fourth-order valence-corrected chi connectivity index (χ4v) is 2.14. The van der Waals surface area contributed by atoms with Crippen LogP contribution in [0.1, 0.15) is 30.9 Å². The summed E-state index contributed by atoms with van der Waals surface area (Å²) in [5, 5.41) is 0.343. The molecule has 0 amide bonds. The third-order valence-corrected chi connectivity index (χ3v) is 3.07. The zero-order valence-corrected chi connectivity index (χ0v) is 9.80. The van der Waals surface area contributed by atoms with Gasteiger partial charge in [0.15, 0.2) is 5.82 Å². The van der Waals surface area contributed by atoms with E-state index in [-0.39, 0.29) is 21.7 Å². The second-order valence-electron chi connectivity index (χ2n) is 3.55. The maximum absolute atomic E-state index is 13.4. The lowest BCUT2D eigenvalue weighted by Crippen LogP contribution is -2.02. The Morgan fingerprint density at radius 3 is 2.14 bits per heavy atom. The number of rotatable bonds is 1. The average Bonchev–Trinajstić information content (AvgIpc) is 2.11. The third-order valence-electron chi connectivity index (χ3n) is 2.21. The SMILES string of the molecule is Cc1c(Cl)c(F)c(N)c(Cl)c1C(C)C. The van der Waals surface area contributed by atoms with Crippen LogP contribution in [-0.4, -0.2) is 0 Å². The van der Waals surface area contributed by atoms with E-state index in [1.165, 1.54) is 0 Å². The Morgan fingerprint density at radius 1 is 1.21 bits per heavy atom. The number of hydrogen-bond donors (Lipinski definition) is 1. The van der Waals surface area contributed by atoms with Crippen LogP contribution >= 0.6 is 23.2 Å². The Balaban J connectivity index is 3.60. The summed E-state index contributed by atoms with van der Waals surface area (Å²) in [6, 6.07) is 0. The second kappa shape index (κ2) is 3.95. The van der Waals surface area contributed by atoms with Gasteiger partial charge in [0.05, 0.1) is 15.7 Å². The van der Waals surface area contributed by atoms with Crippen molar-refractivity contribution in [2.75, 3.05) is 5.73 Å². The van der Waals surface area contributed by atoms with Gasteiger partial charge >= 0.3 is 0 Å². The molecule has 4 heteroatoms. The van der Waals surface area contributed by atoms with E-state index < -0.39 is 5.82 Å². The van der Waals surface area contributed by atoms with Gasteiger partial charge in [-0.2, -0.15) is 0 Å². The zero-order chi connectivity index (χ0) is 11.0. The topological polar surface area (TPSA) is 26.0 Å². The summed E-state index contributed by atoms with van der Waals surface area (Å²) in [5.41, 5.74) is 6.92. The van der Waals surface area contributed by atoms with E-state index in [4.69, 9.17) is 28.9 Å². The van der Waals surface area contributed by atoms with Crippen LogP contribution in [0.25, 0.3) is 0 Å². The minimum atomic E-state index is -0.626. The largest absolute Gasteiger partial charge is 0.395 e. The van der Waals surface area contributed by atoms with Crippen LogP contribution in [0.5, 0.6) is 0 Å². The first-order chi connectivity index (χ1) is 6.37. The molecule has 0 atom stereocenters. The molecule has 14 heavy (non-hydrogen) atoms. The molecule has 0 aliphatic heterocycles. The molecule has 0 spiro atoms. The molecule has 0 fully saturated rings. The number of halogens is 3. The Hall–Kier alpha value is -0.470. The summed E-state index contributed by atoms with van der Waals surface area (Å²) in [7, 11) is 0. The van der Waals surface area contributed by atoms with Gasteiger partial charge in [-0.3, -0.25) is 0 Å². The van der Waals surface area contributed by atoms with Crippen LogP contribution in [-0.2, 0) is 0 Å². The van der Waals surface area contributed by atoms with E-state index >= 15 is 0 Å². The molecule has 0 heterocycles. The minimum Gasteiger partial charge on any atom is -0.395 e. The summed E-state index contributed by atoms with van der Waals surface area (Å²) in [6.45, 7) is 5.66. The minimum absolute atomic E-state index is 0.0639. The molecule has 0 saturated heterocycles. The number of hydrogen-bond acceptors (Lipinski definition) is 1. The van der Waals surface area contributed by atoms with E-state index in [9.17, 15) is 4.39 Å². The number of nitrogen functional groups attached to an aromatic ring is 1. The zero-order valence-electron chi connectivity index (χ0n) is 8.29.